The standard InChI is InChI=1S/C12H15F2NO/c1-15-8-4-7-11(15)12(13,14)9-5-2-3-6-10(9)16/h2-3,5-6,11,16H,4,7-8H2,1H3. The molecule has 0 amide bonds. The van der Waals surface area contributed by atoms with Crippen molar-refractivity contribution in [3.63, 3.8) is 0 Å². The predicted octanol–water partition coefficient (Wildman–Crippen LogP) is 2.58. The normalized spacial score (nSPS) is 22.6. The Bertz CT molecular complexity index is 381. The fraction of sp³-hybridized carbons (Fsp3) is 0.500. The summed E-state index contributed by atoms with van der Waals surface area (Å²) in [5.41, 5.74) is -0.270. The lowest BCUT2D eigenvalue weighted by Gasteiger charge is -2.29. The molecule has 1 atom stereocenters. The van der Waals surface area contributed by atoms with Crippen LogP contribution in [0.25, 0.3) is 0 Å². The molecule has 0 aromatic heterocycles. The Morgan fingerprint density at radius 1 is 1.38 bits per heavy atom. The first-order valence-electron chi connectivity index (χ1n) is 5.40. The summed E-state index contributed by atoms with van der Waals surface area (Å²) < 4.78 is 28.3. The van der Waals surface area contributed by atoms with Crippen LogP contribution in [0.2, 0.25) is 0 Å². The van der Waals surface area contributed by atoms with Crippen LogP contribution in [0.4, 0.5) is 8.78 Å². The van der Waals surface area contributed by atoms with Gasteiger partial charge in [0.1, 0.15) is 5.75 Å². The second kappa shape index (κ2) is 4.01. The molecule has 1 fully saturated rings. The van der Waals surface area contributed by atoms with Crippen molar-refractivity contribution in [2.24, 2.45) is 0 Å². The van der Waals surface area contributed by atoms with Crippen LogP contribution in [0.1, 0.15) is 18.4 Å². The number of phenolic OH excluding ortho intramolecular Hbond substituents is 1. The summed E-state index contributed by atoms with van der Waals surface area (Å²) in [6, 6.07) is 4.87. The zero-order valence-corrected chi connectivity index (χ0v) is 9.16. The van der Waals surface area contributed by atoms with E-state index in [1.54, 1.807) is 18.0 Å². The molecule has 0 aliphatic carbocycles. The molecule has 1 aromatic rings. The van der Waals surface area contributed by atoms with Crippen LogP contribution in [0.5, 0.6) is 5.75 Å². The molecule has 4 heteroatoms. The van der Waals surface area contributed by atoms with Crippen molar-refractivity contribution < 1.29 is 13.9 Å². The summed E-state index contributed by atoms with van der Waals surface area (Å²) in [6.45, 7) is 0.688. The van der Waals surface area contributed by atoms with Crippen molar-refractivity contribution in [1.29, 1.82) is 0 Å². The minimum atomic E-state index is -2.99. The Morgan fingerprint density at radius 2 is 2.06 bits per heavy atom. The van der Waals surface area contributed by atoms with Crippen molar-refractivity contribution in [2.45, 2.75) is 24.8 Å². The van der Waals surface area contributed by atoms with Gasteiger partial charge in [-0.1, -0.05) is 12.1 Å². The number of benzene rings is 1. The monoisotopic (exact) mass is 227 g/mol. The number of likely N-dealkylation sites (N-methyl/N-ethyl adjacent to an activating group) is 1. The third-order valence-corrected chi connectivity index (χ3v) is 3.20. The lowest BCUT2D eigenvalue weighted by molar-refractivity contribution is -0.0710. The molecule has 88 valence electrons. The maximum Gasteiger partial charge on any atom is 0.291 e. The van der Waals surface area contributed by atoms with Gasteiger partial charge in [0.15, 0.2) is 0 Å². The van der Waals surface area contributed by atoms with Gasteiger partial charge in [-0.2, -0.15) is 8.78 Å². The van der Waals surface area contributed by atoms with Crippen LogP contribution in [0.15, 0.2) is 24.3 Å². The van der Waals surface area contributed by atoms with Crippen molar-refractivity contribution in [2.75, 3.05) is 13.6 Å². The van der Waals surface area contributed by atoms with Gasteiger partial charge in [-0.25, -0.2) is 0 Å². The third kappa shape index (κ3) is 1.78. The predicted molar refractivity (Wildman–Crippen MR) is 57.7 cm³/mol. The van der Waals surface area contributed by atoms with Gasteiger partial charge >= 0.3 is 0 Å². The summed E-state index contributed by atoms with van der Waals surface area (Å²) in [5.74, 6) is -3.32. The van der Waals surface area contributed by atoms with E-state index in [1.165, 1.54) is 18.2 Å². The van der Waals surface area contributed by atoms with Gasteiger partial charge in [-0.15, -0.1) is 0 Å². The number of rotatable bonds is 2. The highest BCUT2D eigenvalue weighted by atomic mass is 19.3. The Hall–Kier alpha value is -1.16. The number of likely N-dealkylation sites (tertiary alicyclic amines) is 1. The maximum absolute atomic E-state index is 14.2. The summed E-state index contributed by atoms with van der Waals surface area (Å²) >= 11 is 0. The largest absolute Gasteiger partial charge is 0.507 e. The van der Waals surface area contributed by atoms with E-state index >= 15 is 0 Å². The summed E-state index contributed by atoms with van der Waals surface area (Å²) in [6.07, 6.45) is 1.25. The van der Waals surface area contributed by atoms with Crippen molar-refractivity contribution in [3.8, 4) is 5.75 Å². The van der Waals surface area contributed by atoms with E-state index in [2.05, 4.69) is 0 Å². The van der Waals surface area contributed by atoms with Crippen molar-refractivity contribution >= 4 is 0 Å². The first-order chi connectivity index (χ1) is 7.53. The molecular weight excluding hydrogens is 212 g/mol. The zero-order chi connectivity index (χ0) is 11.8. The van der Waals surface area contributed by atoms with Gasteiger partial charge in [0, 0.05) is 0 Å². The molecule has 0 saturated carbocycles. The number of halogens is 2. The fourth-order valence-electron chi connectivity index (χ4n) is 2.30. The number of para-hydroxylation sites is 1. The average molecular weight is 227 g/mol. The minimum absolute atomic E-state index is 0.270. The van der Waals surface area contributed by atoms with Gasteiger partial charge < -0.3 is 5.11 Å². The number of alkyl halides is 2. The minimum Gasteiger partial charge on any atom is -0.507 e. The number of aromatic hydroxyl groups is 1. The van der Waals surface area contributed by atoms with Gasteiger partial charge in [0.25, 0.3) is 5.92 Å². The van der Waals surface area contributed by atoms with Crippen LogP contribution < -0.4 is 0 Å². The van der Waals surface area contributed by atoms with Crippen LogP contribution in [0, 0.1) is 0 Å². The zero-order valence-electron chi connectivity index (χ0n) is 9.16. The Kier molecular flexibility index (Phi) is 2.84. The molecule has 0 radical (unpaired) electrons. The van der Waals surface area contributed by atoms with Crippen molar-refractivity contribution in [1.82, 2.24) is 4.90 Å². The van der Waals surface area contributed by atoms with Gasteiger partial charge in [0.05, 0.1) is 11.6 Å². The third-order valence-electron chi connectivity index (χ3n) is 3.20. The van der Waals surface area contributed by atoms with E-state index in [0.717, 1.165) is 6.42 Å². The van der Waals surface area contributed by atoms with Crippen LogP contribution in [-0.4, -0.2) is 29.6 Å². The highest BCUT2D eigenvalue weighted by Crippen LogP contribution is 2.42. The topological polar surface area (TPSA) is 23.5 Å². The lowest BCUT2D eigenvalue weighted by Crippen LogP contribution is -2.39. The molecule has 2 nitrogen and oxygen atoms in total. The number of hydrogen-bond donors (Lipinski definition) is 1. The van der Waals surface area contributed by atoms with E-state index in [-0.39, 0.29) is 11.3 Å². The molecule has 0 bridgehead atoms. The van der Waals surface area contributed by atoms with E-state index in [1.807, 2.05) is 0 Å². The number of nitrogens with zero attached hydrogens (tertiary/aromatic N) is 1. The highest BCUT2D eigenvalue weighted by molar-refractivity contribution is 5.36. The number of phenols is 1. The first-order valence-corrected chi connectivity index (χ1v) is 5.40. The van der Waals surface area contributed by atoms with E-state index in [9.17, 15) is 13.9 Å². The molecule has 0 spiro atoms. The average Bonchev–Trinajstić information content (AvgIpc) is 2.65. The molecule has 1 heterocycles. The summed E-state index contributed by atoms with van der Waals surface area (Å²) in [7, 11) is 1.70. The Morgan fingerprint density at radius 3 is 2.62 bits per heavy atom. The molecule has 1 aliphatic heterocycles. The van der Waals surface area contributed by atoms with Crippen LogP contribution >= 0.6 is 0 Å². The lowest BCUT2D eigenvalue weighted by atomic mass is 9.98. The smallest absolute Gasteiger partial charge is 0.291 e. The Balaban J connectivity index is 2.34. The molecule has 1 aromatic carbocycles. The molecule has 1 aliphatic rings. The first kappa shape index (κ1) is 11.3. The quantitative estimate of drug-likeness (QED) is 0.839. The second-order valence-corrected chi connectivity index (χ2v) is 4.28. The fourth-order valence-corrected chi connectivity index (χ4v) is 2.30. The van der Waals surface area contributed by atoms with Gasteiger partial charge in [-0.05, 0) is 38.6 Å². The second-order valence-electron chi connectivity index (χ2n) is 4.28. The summed E-state index contributed by atoms with van der Waals surface area (Å²) in [5, 5.41) is 9.49. The SMILES string of the molecule is CN1CCCC1C(F)(F)c1ccccc1O. The maximum atomic E-state index is 14.2. The van der Waals surface area contributed by atoms with E-state index in [0.29, 0.717) is 13.0 Å². The van der Waals surface area contributed by atoms with E-state index in [4.69, 9.17) is 0 Å². The molecule has 1 N–H and O–H groups in total. The Labute approximate surface area is 93.5 Å². The highest BCUT2D eigenvalue weighted by Gasteiger charge is 2.46. The van der Waals surface area contributed by atoms with Gasteiger partial charge in [-0.3, -0.25) is 4.90 Å². The summed E-state index contributed by atoms with van der Waals surface area (Å²) in [4.78, 5) is 1.66. The molecular formula is C12H15F2NO. The van der Waals surface area contributed by atoms with Crippen LogP contribution in [0.3, 0.4) is 0 Å². The molecule has 1 unspecified atom stereocenters. The van der Waals surface area contributed by atoms with E-state index < -0.39 is 12.0 Å². The molecule has 2 rings (SSSR count). The van der Waals surface area contributed by atoms with Crippen LogP contribution in [-0.2, 0) is 5.92 Å². The molecule has 16 heavy (non-hydrogen) atoms. The van der Waals surface area contributed by atoms with Crippen molar-refractivity contribution in [3.05, 3.63) is 29.8 Å². The number of hydrogen-bond acceptors (Lipinski definition) is 2. The molecule has 1 saturated heterocycles. The van der Waals surface area contributed by atoms with Gasteiger partial charge in [0.2, 0.25) is 0 Å².